The highest BCUT2D eigenvalue weighted by atomic mass is 32.2. The molecule has 8 heteroatoms. The molecule has 0 aliphatic carbocycles. The molecule has 0 saturated heterocycles. The summed E-state index contributed by atoms with van der Waals surface area (Å²) in [7, 11) is -3.32. The number of carbonyl (C=O) groups is 1. The van der Waals surface area contributed by atoms with Gasteiger partial charge in [-0.25, -0.2) is 13.4 Å². The van der Waals surface area contributed by atoms with Gasteiger partial charge in [0.25, 0.3) is 5.91 Å². The second-order valence-electron chi connectivity index (χ2n) is 9.69. The summed E-state index contributed by atoms with van der Waals surface area (Å²) in [5.41, 5.74) is 12.2. The molecule has 3 aromatic carbocycles. The largest absolute Gasteiger partial charge is 0.455 e. The molecule has 38 heavy (non-hydrogen) atoms. The second-order valence-corrected chi connectivity index (χ2v) is 11.7. The maximum Gasteiger partial charge on any atom is 0.251 e. The third-order valence-electron chi connectivity index (χ3n) is 7.08. The van der Waals surface area contributed by atoms with Crippen molar-refractivity contribution in [3.8, 4) is 11.1 Å². The molecular weight excluding hydrogens is 498 g/mol. The minimum absolute atomic E-state index is 0.191. The van der Waals surface area contributed by atoms with Crippen LogP contribution in [0.4, 0.5) is 5.82 Å². The SMILES string of the molecule is Cc1cc(N)nc(C)c1CNC(=O)c1ccc2c(c1)c1oc2c2ccc(-c3cccc(S(C)(=O)=O)c3)cc21. The minimum Gasteiger partial charge on any atom is -0.455 e. The van der Waals surface area contributed by atoms with Gasteiger partial charge in [0.15, 0.2) is 9.84 Å². The van der Waals surface area contributed by atoms with E-state index in [-0.39, 0.29) is 10.8 Å². The van der Waals surface area contributed by atoms with E-state index in [0.29, 0.717) is 23.5 Å². The van der Waals surface area contributed by atoms with Crippen LogP contribution in [-0.2, 0) is 16.4 Å². The van der Waals surface area contributed by atoms with Gasteiger partial charge in [-0.1, -0.05) is 18.2 Å². The van der Waals surface area contributed by atoms with Crippen LogP contribution in [0.15, 0.2) is 76.0 Å². The van der Waals surface area contributed by atoms with Crippen molar-refractivity contribution in [2.45, 2.75) is 25.3 Å². The molecular formula is C30H25N3O4S. The molecule has 3 heterocycles. The summed E-state index contributed by atoms with van der Waals surface area (Å²) >= 11 is 0. The van der Waals surface area contributed by atoms with Crippen LogP contribution in [0, 0.1) is 13.8 Å². The van der Waals surface area contributed by atoms with E-state index in [1.165, 1.54) is 6.26 Å². The normalized spacial score (nSPS) is 12.1. The average molecular weight is 524 g/mol. The first-order valence-corrected chi connectivity index (χ1v) is 14.0. The number of sulfone groups is 1. The summed E-state index contributed by atoms with van der Waals surface area (Å²) < 4.78 is 30.2. The number of furan rings is 2. The van der Waals surface area contributed by atoms with Gasteiger partial charge in [-0.3, -0.25) is 4.79 Å². The number of nitrogens with zero attached hydrogens (tertiary/aromatic N) is 1. The molecule has 0 spiro atoms. The minimum atomic E-state index is -3.32. The molecule has 190 valence electrons. The van der Waals surface area contributed by atoms with Gasteiger partial charge in [0.2, 0.25) is 0 Å². The van der Waals surface area contributed by atoms with Crippen LogP contribution in [0.25, 0.3) is 43.8 Å². The molecule has 3 aromatic heterocycles. The molecule has 0 fully saturated rings. The molecule has 0 atom stereocenters. The predicted molar refractivity (Wildman–Crippen MR) is 150 cm³/mol. The highest BCUT2D eigenvalue weighted by Crippen LogP contribution is 2.42. The zero-order valence-corrected chi connectivity index (χ0v) is 21.9. The van der Waals surface area contributed by atoms with Crippen LogP contribution in [0.5, 0.6) is 0 Å². The van der Waals surface area contributed by atoms with Crippen LogP contribution in [0.1, 0.15) is 27.2 Å². The van der Waals surface area contributed by atoms with E-state index in [4.69, 9.17) is 10.2 Å². The Morgan fingerprint density at radius 3 is 2.32 bits per heavy atom. The molecule has 0 unspecified atom stereocenters. The molecule has 0 aliphatic heterocycles. The molecule has 6 rings (SSSR count). The fourth-order valence-corrected chi connectivity index (χ4v) is 5.79. The maximum absolute atomic E-state index is 13.0. The zero-order chi connectivity index (χ0) is 26.8. The lowest BCUT2D eigenvalue weighted by Crippen LogP contribution is -2.24. The van der Waals surface area contributed by atoms with Crippen LogP contribution in [-0.4, -0.2) is 25.6 Å². The summed E-state index contributed by atoms with van der Waals surface area (Å²) in [6, 6.07) is 20.3. The van der Waals surface area contributed by atoms with Crippen LogP contribution in [0.2, 0.25) is 0 Å². The van der Waals surface area contributed by atoms with E-state index in [0.717, 1.165) is 55.1 Å². The number of aromatic nitrogens is 1. The van der Waals surface area contributed by atoms with E-state index in [1.807, 2.05) is 50.2 Å². The summed E-state index contributed by atoms with van der Waals surface area (Å²) in [5, 5.41) is 6.71. The standard InChI is InChI=1S/C30H25N3O4S/c1-16-11-27(31)33-17(2)26(16)15-32-30(34)20-8-10-23-25(14-20)29-24-13-19(7-9-22(24)28(23)37-29)18-5-4-6-21(12-18)38(3,35)36/h4-14H,15H2,1-3H3,(H2,31,33)(H,32,34). The van der Waals surface area contributed by atoms with Crippen molar-refractivity contribution in [2.75, 3.05) is 12.0 Å². The Morgan fingerprint density at radius 1 is 0.895 bits per heavy atom. The van der Waals surface area contributed by atoms with Crippen LogP contribution < -0.4 is 11.1 Å². The quantitative estimate of drug-likeness (QED) is 0.277. The molecule has 0 aliphatic rings. The topological polar surface area (TPSA) is 115 Å². The van der Waals surface area contributed by atoms with E-state index in [9.17, 15) is 13.2 Å². The van der Waals surface area contributed by atoms with Crippen molar-refractivity contribution in [1.29, 1.82) is 0 Å². The number of anilines is 1. The number of nitrogens with one attached hydrogen (secondary N) is 1. The molecule has 2 bridgehead atoms. The average Bonchev–Trinajstić information content (AvgIpc) is 3.44. The lowest BCUT2D eigenvalue weighted by Gasteiger charge is -2.11. The number of hydrogen-bond acceptors (Lipinski definition) is 6. The van der Waals surface area contributed by atoms with Crippen molar-refractivity contribution >= 4 is 54.3 Å². The fraction of sp³-hybridized carbons (Fsp3) is 0.133. The van der Waals surface area contributed by atoms with E-state index >= 15 is 0 Å². The summed E-state index contributed by atoms with van der Waals surface area (Å²) in [6.07, 6.45) is 1.20. The Balaban J connectivity index is 1.36. The Kier molecular flexibility index (Phi) is 5.39. The number of benzene rings is 4. The number of aryl methyl sites for hydroxylation is 2. The highest BCUT2D eigenvalue weighted by molar-refractivity contribution is 7.90. The van der Waals surface area contributed by atoms with Crippen molar-refractivity contribution in [3.63, 3.8) is 0 Å². The molecule has 7 nitrogen and oxygen atoms in total. The van der Waals surface area contributed by atoms with Gasteiger partial charge < -0.3 is 15.5 Å². The number of fused-ring (bicyclic) bond motifs is 8. The number of nitrogen functional groups attached to an aromatic ring is 1. The molecule has 0 saturated carbocycles. The molecule has 1 amide bonds. The monoisotopic (exact) mass is 523 g/mol. The summed E-state index contributed by atoms with van der Waals surface area (Å²) in [6.45, 7) is 4.18. The first kappa shape index (κ1) is 23.9. The summed E-state index contributed by atoms with van der Waals surface area (Å²) in [5.74, 6) is 0.271. The second kappa shape index (κ2) is 8.56. The van der Waals surface area contributed by atoms with Crippen molar-refractivity contribution < 1.29 is 17.6 Å². The van der Waals surface area contributed by atoms with Gasteiger partial charge in [0.1, 0.15) is 17.0 Å². The Morgan fingerprint density at radius 2 is 1.58 bits per heavy atom. The maximum atomic E-state index is 13.0. The van der Waals surface area contributed by atoms with Crippen LogP contribution >= 0.6 is 0 Å². The van der Waals surface area contributed by atoms with Gasteiger partial charge in [-0.15, -0.1) is 0 Å². The van der Waals surface area contributed by atoms with Crippen molar-refractivity contribution in [3.05, 3.63) is 89.1 Å². The van der Waals surface area contributed by atoms with E-state index in [1.54, 1.807) is 30.3 Å². The molecule has 0 radical (unpaired) electrons. The third kappa shape index (κ3) is 3.94. The lowest BCUT2D eigenvalue weighted by atomic mass is 9.97. The number of pyridine rings is 1. The number of nitrogens with two attached hydrogens (primary N) is 1. The van der Waals surface area contributed by atoms with Crippen molar-refractivity contribution in [1.82, 2.24) is 10.3 Å². The summed E-state index contributed by atoms with van der Waals surface area (Å²) in [4.78, 5) is 17.6. The first-order valence-electron chi connectivity index (χ1n) is 12.1. The first-order chi connectivity index (χ1) is 18.1. The van der Waals surface area contributed by atoms with Gasteiger partial charge in [0.05, 0.1) is 4.90 Å². The van der Waals surface area contributed by atoms with Gasteiger partial charge in [-0.05, 0) is 84.6 Å². The number of amides is 1. The predicted octanol–water partition coefficient (Wildman–Crippen LogP) is 5.77. The van der Waals surface area contributed by atoms with E-state index < -0.39 is 9.84 Å². The molecule has 6 aromatic rings. The van der Waals surface area contributed by atoms with Crippen LogP contribution in [0.3, 0.4) is 0 Å². The number of carbonyl (C=O) groups excluding carboxylic acids is 1. The Labute approximate surface area is 219 Å². The highest BCUT2D eigenvalue weighted by Gasteiger charge is 2.20. The van der Waals surface area contributed by atoms with Gasteiger partial charge >= 0.3 is 0 Å². The Bertz CT molecular complexity index is 1980. The van der Waals surface area contributed by atoms with Crippen molar-refractivity contribution in [2.24, 2.45) is 0 Å². The Hall–Kier alpha value is -4.43. The van der Waals surface area contributed by atoms with Gasteiger partial charge in [0, 0.05) is 45.6 Å². The fourth-order valence-electron chi connectivity index (χ4n) is 5.13. The number of rotatable bonds is 5. The smallest absolute Gasteiger partial charge is 0.251 e. The molecule has 3 N–H and O–H groups in total. The third-order valence-corrected chi connectivity index (χ3v) is 8.19. The van der Waals surface area contributed by atoms with E-state index in [2.05, 4.69) is 10.3 Å². The van der Waals surface area contributed by atoms with Gasteiger partial charge in [-0.2, -0.15) is 0 Å². The number of hydrogen-bond donors (Lipinski definition) is 2. The lowest BCUT2D eigenvalue weighted by molar-refractivity contribution is 0.0951. The zero-order valence-electron chi connectivity index (χ0n) is 21.1.